The lowest BCUT2D eigenvalue weighted by Gasteiger charge is -2.04. The summed E-state index contributed by atoms with van der Waals surface area (Å²) < 4.78 is 0. The van der Waals surface area contributed by atoms with E-state index in [0.717, 1.165) is 12.8 Å². The molecule has 0 aliphatic rings. The first kappa shape index (κ1) is 10.9. The normalized spacial score (nSPS) is 11.8. The SMILES string of the molecule is [N-]=[N+]=NC(=O)C(N)CCCCN. The number of hydrogen-bond donors (Lipinski definition) is 2. The van der Waals surface area contributed by atoms with Crippen LogP contribution in [0.1, 0.15) is 19.3 Å². The number of carbonyl (C=O) groups is 1. The standard InChI is InChI=1S/C6H13N5O/c7-4-2-1-3-5(8)6(12)10-11-9/h5H,1-4,7-8H2. The monoisotopic (exact) mass is 171 g/mol. The molecule has 0 rings (SSSR count). The van der Waals surface area contributed by atoms with Gasteiger partial charge in [0, 0.05) is 4.91 Å². The molecule has 6 heteroatoms. The lowest BCUT2D eigenvalue weighted by Crippen LogP contribution is -2.28. The second-order valence-electron chi connectivity index (χ2n) is 2.42. The molecule has 12 heavy (non-hydrogen) atoms. The highest BCUT2D eigenvalue weighted by Gasteiger charge is 2.09. The van der Waals surface area contributed by atoms with Crippen molar-refractivity contribution in [1.82, 2.24) is 0 Å². The Hall–Kier alpha value is -1.10. The Kier molecular flexibility index (Phi) is 6.00. The minimum absolute atomic E-state index is 0.523. The molecule has 0 spiro atoms. The van der Waals surface area contributed by atoms with Crippen molar-refractivity contribution in [2.45, 2.75) is 25.3 Å². The van der Waals surface area contributed by atoms with Gasteiger partial charge in [-0.3, -0.25) is 4.79 Å². The van der Waals surface area contributed by atoms with Gasteiger partial charge in [-0.25, -0.2) is 0 Å². The van der Waals surface area contributed by atoms with Crippen molar-refractivity contribution in [3.8, 4) is 0 Å². The third kappa shape index (κ3) is 4.68. The van der Waals surface area contributed by atoms with Gasteiger partial charge < -0.3 is 11.5 Å². The van der Waals surface area contributed by atoms with E-state index in [2.05, 4.69) is 10.0 Å². The molecule has 0 aromatic rings. The quantitative estimate of drug-likeness (QED) is 0.267. The van der Waals surface area contributed by atoms with E-state index < -0.39 is 11.9 Å². The number of carbonyl (C=O) groups excluding carboxylic acids is 1. The average Bonchev–Trinajstić information content (AvgIpc) is 2.05. The van der Waals surface area contributed by atoms with E-state index >= 15 is 0 Å². The van der Waals surface area contributed by atoms with Crippen LogP contribution in [0.3, 0.4) is 0 Å². The van der Waals surface area contributed by atoms with Gasteiger partial charge in [0.1, 0.15) is 0 Å². The van der Waals surface area contributed by atoms with Crippen LogP contribution in [0.15, 0.2) is 5.11 Å². The van der Waals surface area contributed by atoms with Gasteiger partial charge in [-0.2, -0.15) is 0 Å². The third-order valence-corrected chi connectivity index (χ3v) is 1.43. The van der Waals surface area contributed by atoms with Crippen LogP contribution in [0.5, 0.6) is 0 Å². The molecular weight excluding hydrogens is 158 g/mol. The number of nitrogens with zero attached hydrogens (tertiary/aromatic N) is 3. The minimum atomic E-state index is -0.674. The summed E-state index contributed by atoms with van der Waals surface area (Å²) in [7, 11) is 0. The van der Waals surface area contributed by atoms with Crippen molar-refractivity contribution in [3.63, 3.8) is 0 Å². The summed E-state index contributed by atoms with van der Waals surface area (Å²) in [5.74, 6) is -0.602. The van der Waals surface area contributed by atoms with Gasteiger partial charge >= 0.3 is 0 Å². The van der Waals surface area contributed by atoms with Gasteiger partial charge in [0.2, 0.25) is 5.91 Å². The number of unbranched alkanes of at least 4 members (excludes halogenated alkanes) is 1. The van der Waals surface area contributed by atoms with Crippen molar-refractivity contribution in [2.75, 3.05) is 6.54 Å². The predicted molar refractivity (Wildman–Crippen MR) is 45.0 cm³/mol. The fourth-order valence-corrected chi connectivity index (χ4v) is 0.750. The van der Waals surface area contributed by atoms with Crippen LogP contribution in [0.4, 0.5) is 0 Å². The summed E-state index contributed by atoms with van der Waals surface area (Å²) in [6.07, 6.45) is 2.14. The predicted octanol–water partition coefficient (Wildman–Crippen LogP) is 0.280. The van der Waals surface area contributed by atoms with Crippen LogP contribution in [-0.4, -0.2) is 18.5 Å². The minimum Gasteiger partial charge on any atom is -0.330 e. The van der Waals surface area contributed by atoms with Gasteiger partial charge in [0.05, 0.1) is 6.04 Å². The molecular formula is C6H13N5O. The first-order valence-electron chi connectivity index (χ1n) is 3.77. The van der Waals surface area contributed by atoms with E-state index in [1.165, 1.54) is 0 Å². The van der Waals surface area contributed by atoms with E-state index in [9.17, 15) is 4.79 Å². The summed E-state index contributed by atoms with van der Waals surface area (Å²) in [5, 5.41) is 2.89. The van der Waals surface area contributed by atoms with Crippen molar-refractivity contribution in [2.24, 2.45) is 16.6 Å². The number of hydrogen-bond acceptors (Lipinski definition) is 3. The van der Waals surface area contributed by atoms with Gasteiger partial charge in [0.15, 0.2) is 0 Å². The maximum atomic E-state index is 10.8. The molecule has 0 aromatic carbocycles. The first-order valence-corrected chi connectivity index (χ1v) is 3.77. The van der Waals surface area contributed by atoms with Crippen LogP contribution >= 0.6 is 0 Å². The van der Waals surface area contributed by atoms with Crippen LogP contribution < -0.4 is 11.5 Å². The van der Waals surface area contributed by atoms with E-state index in [1.54, 1.807) is 0 Å². The zero-order valence-electron chi connectivity index (χ0n) is 6.81. The maximum Gasteiger partial charge on any atom is 0.235 e. The number of rotatable bonds is 5. The molecule has 0 aliphatic carbocycles. The van der Waals surface area contributed by atoms with Crippen molar-refractivity contribution in [3.05, 3.63) is 10.4 Å². The number of nitrogens with two attached hydrogens (primary N) is 2. The summed E-state index contributed by atoms with van der Waals surface area (Å²) in [6.45, 7) is 0.586. The van der Waals surface area contributed by atoms with Crippen LogP contribution in [0.2, 0.25) is 0 Å². The van der Waals surface area contributed by atoms with Gasteiger partial charge in [-0.1, -0.05) is 6.42 Å². The molecule has 0 radical (unpaired) electrons. The Morgan fingerprint density at radius 1 is 1.58 bits per heavy atom. The molecule has 1 unspecified atom stereocenters. The maximum absolute atomic E-state index is 10.8. The average molecular weight is 171 g/mol. The van der Waals surface area contributed by atoms with Crippen molar-refractivity contribution < 1.29 is 4.79 Å². The largest absolute Gasteiger partial charge is 0.330 e. The van der Waals surface area contributed by atoms with Crippen LogP contribution in [0, 0.1) is 0 Å². The lowest BCUT2D eigenvalue weighted by molar-refractivity contribution is -0.119. The Morgan fingerprint density at radius 2 is 2.25 bits per heavy atom. The molecule has 0 heterocycles. The summed E-state index contributed by atoms with van der Waals surface area (Å²) in [6, 6.07) is -0.674. The van der Waals surface area contributed by atoms with Gasteiger partial charge in [-0.15, -0.1) is 0 Å². The molecule has 68 valence electrons. The topological polar surface area (TPSA) is 118 Å². The third-order valence-electron chi connectivity index (χ3n) is 1.43. The number of azide groups is 1. The van der Waals surface area contributed by atoms with Gasteiger partial charge in [0.25, 0.3) is 0 Å². The van der Waals surface area contributed by atoms with E-state index in [1.807, 2.05) is 0 Å². The second-order valence-corrected chi connectivity index (χ2v) is 2.42. The highest BCUT2D eigenvalue weighted by atomic mass is 16.2. The fourth-order valence-electron chi connectivity index (χ4n) is 0.750. The van der Waals surface area contributed by atoms with Crippen molar-refractivity contribution >= 4 is 5.91 Å². The molecule has 0 bridgehead atoms. The Labute approximate surface area is 70.5 Å². The van der Waals surface area contributed by atoms with E-state index in [4.69, 9.17) is 17.0 Å². The Balaban J connectivity index is 3.63. The van der Waals surface area contributed by atoms with Crippen LogP contribution in [0.25, 0.3) is 10.4 Å². The zero-order chi connectivity index (χ0) is 9.40. The van der Waals surface area contributed by atoms with Crippen molar-refractivity contribution in [1.29, 1.82) is 0 Å². The first-order chi connectivity index (χ1) is 5.72. The molecule has 6 nitrogen and oxygen atoms in total. The Morgan fingerprint density at radius 3 is 2.75 bits per heavy atom. The molecule has 4 N–H and O–H groups in total. The van der Waals surface area contributed by atoms with E-state index in [0.29, 0.717) is 13.0 Å². The summed E-state index contributed by atoms with van der Waals surface area (Å²) >= 11 is 0. The highest BCUT2D eigenvalue weighted by Crippen LogP contribution is 1.99. The molecule has 1 amide bonds. The highest BCUT2D eigenvalue weighted by molar-refractivity contribution is 5.82. The lowest BCUT2D eigenvalue weighted by atomic mass is 10.1. The molecule has 1 atom stereocenters. The second kappa shape index (κ2) is 6.60. The summed E-state index contributed by atoms with van der Waals surface area (Å²) in [4.78, 5) is 13.1. The van der Waals surface area contributed by atoms with Gasteiger partial charge in [-0.05, 0) is 30.0 Å². The number of amides is 1. The molecule has 0 saturated carbocycles. The van der Waals surface area contributed by atoms with Crippen LogP contribution in [-0.2, 0) is 4.79 Å². The smallest absolute Gasteiger partial charge is 0.235 e. The molecule has 0 aromatic heterocycles. The Bertz CT molecular complexity index is 186. The van der Waals surface area contributed by atoms with E-state index in [-0.39, 0.29) is 0 Å². The molecule has 0 fully saturated rings. The fraction of sp³-hybridized carbons (Fsp3) is 0.833. The molecule has 0 aliphatic heterocycles. The molecule has 0 saturated heterocycles. The zero-order valence-corrected chi connectivity index (χ0v) is 6.81. The summed E-state index contributed by atoms with van der Waals surface area (Å²) in [5.41, 5.74) is 18.5.